The molecule has 3 N–H and O–H groups in total. The Bertz CT molecular complexity index is 1070. The maximum atomic E-state index is 13.0. The number of benzene rings is 2. The molecule has 0 aliphatic carbocycles. The summed E-state index contributed by atoms with van der Waals surface area (Å²) in [4.78, 5) is 24.9. The molecule has 178 valence electrons. The topological polar surface area (TPSA) is 104 Å². The molecule has 33 heavy (non-hydrogen) atoms. The first-order valence-corrected chi connectivity index (χ1v) is 13.3. The molecule has 3 rings (SSSR count). The van der Waals surface area contributed by atoms with Crippen LogP contribution >= 0.6 is 11.8 Å². The van der Waals surface area contributed by atoms with Crippen LogP contribution in [0, 0.1) is 5.82 Å². The van der Waals surface area contributed by atoms with Gasteiger partial charge >= 0.3 is 0 Å². The van der Waals surface area contributed by atoms with E-state index in [4.69, 9.17) is 0 Å². The number of sulfonamides is 1. The number of hydrogen-bond acceptors (Lipinski definition) is 5. The van der Waals surface area contributed by atoms with Crippen LogP contribution in [-0.4, -0.2) is 43.3 Å². The predicted octanol–water partition coefficient (Wildman–Crippen LogP) is 2.11. The van der Waals surface area contributed by atoms with E-state index in [0.29, 0.717) is 17.7 Å². The molecule has 7 nitrogen and oxygen atoms in total. The Balaban J connectivity index is 1.46. The third-order valence-electron chi connectivity index (χ3n) is 4.99. The molecule has 0 saturated carbocycles. The SMILES string of the molecule is CC(C)NS(=O)(=O)Cc1ccc(CNC(=O)[C@@H]2CS[C@H](Cc3ccc(F)cc3)C(=O)N2)cc1. The van der Waals surface area contributed by atoms with E-state index in [-0.39, 0.29) is 41.2 Å². The molecule has 0 unspecified atom stereocenters. The van der Waals surface area contributed by atoms with Crippen LogP contribution in [0.1, 0.15) is 30.5 Å². The van der Waals surface area contributed by atoms with Crippen molar-refractivity contribution in [1.29, 1.82) is 0 Å². The van der Waals surface area contributed by atoms with Gasteiger partial charge in [-0.2, -0.15) is 0 Å². The molecule has 2 amide bonds. The zero-order valence-electron chi connectivity index (χ0n) is 18.5. The van der Waals surface area contributed by atoms with Gasteiger partial charge in [0, 0.05) is 18.3 Å². The van der Waals surface area contributed by atoms with Crippen molar-refractivity contribution in [3.05, 3.63) is 71.0 Å². The lowest BCUT2D eigenvalue weighted by atomic mass is 10.1. The second-order valence-electron chi connectivity index (χ2n) is 8.28. The summed E-state index contributed by atoms with van der Waals surface area (Å²) in [5, 5.41) is 5.25. The van der Waals surface area contributed by atoms with Crippen LogP contribution in [0.15, 0.2) is 48.5 Å². The van der Waals surface area contributed by atoms with Gasteiger partial charge in [0.1, 0.15) is 11.9 Å². The lowest BCUT2D eigenvalue weighted by Crippen LogP contribution is -2.54. The second-order valence-corrected chi connectivity index (χ2v) is 11.3. The zero-order valence-corrected chi connectivity index (χ0v) is 20.1. The largest absolute Gasteiger partial charge is 0.350 e. The molecule has 0 spiro atoms. The molecule has 0 bridgehead atoms. The van der Waals surface area contributed by atoms with Crippen LogP contribution in [-0.2, 0) is 38.3 Å². The molecule has 1 heterocycles. The maximum Gasteiger partial charge on any atom is 0.243 e. The smallest absolute Gasteiger partial charge is 0.243 e. The fourth-order valence-electron chi connectivity index (χ4n) is 3.41. The number of halogens is 1. The van der Waals surface area contributed by atoms with Crippen LogP contribution < -0.4 is 15.4 Å². The molecule has 1 fully saturated rings. The Hall–Kier alpha value is -2.43. The third kappa shape index (κ3) is 7.83. The minimum absolute atomic E-state index is 0.109. The van der Waals surface area contributed by atoms with Crippen LogP contribution in [0.4, 0.5) is 4.39 Å². The average molecular weight is 494 g/mol. The maximum absolute atomic E-state index is 13.0. The Morgan fingerprint density at radius 3 is 2.30 bits per heavy atom. The minimum atomic E-state index is -3.40. The van der Waals surface area contributed by atoms with Gasteiger partial charge in [-0.1, -0.05) is 36.4 Å². The molecule has 0 aromatic heterocycles. The van der Waals surface area contributed by atoms with Gasteiger partial charge in [-0.15, -0.1) is 11.8 Å². The lowest BCUT2D eigenvalue weighted by Gasteiger charge is -2.28. The van der Waals surface area contributed by atoms with E-state index >= 15 is 0 Å². The van der Waals surface area contributed by atoms with E-state index in [9.17, 15) is 22.4 Å². The molecule has 2 atom stereocenters. The first-order chi connectivity index (χ1) is 15.6. The number of nitrogens with one attached hydrogen (secondary N) is 3. The van der Waals surface area contributed by atoms with E-state index < -0.39 is 16.1 Å². The number of hydrogen-bond donors (Lipinski definition) is 3. The Morgan fingerprint density at radius 2 is 1.70 bits per heavy atom. The van der Waals surface area contributed by atoms with E-state index in [2.05, 4.69) is 15.4 Å². The summed E-state index contributed by atoms with van der Waals surface area (Å²) < 4.78 is 39.7. The molecular weight excluding hydrogens is 465 g/mol. The predicted molar refractivity (Wildman–Crippen MR) is 127 cm³/mol. The van der Waals surface area contributed by atoms with E-state index in [1.165, 1.54) is 23.9 Å². The lowest BCUT2D eigenvalue weighted by molar-refractivity contribution is -0.128. The quantitative estimate of drug-likeness (QED) is 0.496. The van der Waals surface area contributed by atoms with E-state index in [1.54, 1.807) is 50.2 Å². The summed E-state index contributed by atoms with van der Waals surface area (Å²) in [6, 6.07) is 12.2. The summed E-state index contributed by atoms with van der Waals surface area (Å²) in [5.41, 5.74) is 2.34. The Kier molecular flexibility index (Phi) is 8.50. The van der Waals surface area contributed by atoms with Gasteiger partial charge in [0.15, 0.2) is 0 Å². The fraction of sp³-hybridized carbons (Fsp3) is 0.391. The molecule has 10 heteroatoms. The van der Waals surface area contributed by atoms with Crippen molar-refractivity contribution in [3.8, 4) is 0 Å². The van der Waals surface area contributed by atoms with Crippen molar-refractivity contribution in [1.82, 2.24) is 15.4 Å². The van der Waals surface area contributed by atoms with Gasteiger partial charge in [-0.3, -0.25) is 9.59 Å². The van der Waals surface area contributed by atoms with Crippen molar-refractivity contribution in [2.45, 2.75) is 49.9 Å². The molecule has 2 aromatic carbocycles. The first kappa shape index (κ1) is 25.2. The molecular formula is C23H28FN3O4S2. The highest BCUT2D eigenvalue weighted by molar-refractivity contribution is 8.00. The van der Waals surface area contributed by atoms with E-state index in [1.807, 2.05) is 0 Å². The highest BCUT2D eigenvalue weighted by atomic mass is 32.2. The van der Waals surface area contributed by atoms with Crippen LogP contribution in [0.2, 0.25) is 0 Å². The minimum Gasteiger partial charge on any atom is -0.350 e. The van der Waals surface area contributed by atoms with Crippen molar-refractivity contribution in [2.75, 3.05) is 5.75 Å². The molecule has 1 saturated heterocycles. The highest BCUT2D eigenvalue weighted by Gasteiger charge is 2.32. The zero-order chi connectivity index (χ0) is 24.0. The van der Waals surface area contributed by atoms with Gasteiger partial charge in [-0.05, 0) is 49.1 Å². The first-order valence-electron chi connectivity index (χ1n) is 10.6. The normalized spacial score (nSPS) is 18.7. The number of rotatable bonds is 9. The Labute approximate surface area is 198 Å². The molecule has 1 aliphatic rings. The fourth-order valence-corrected chi connectivity index (χ4v) is 6.03. The number of thioether (sulfide) groups is 1. The van der Waals surface area contributed by atoms with E-state index in [0.717, 1.165) is 11.1 Å². The van der Waals surface area contributed by atoms with Gasteiger partial charge in [0.2, 0.25) is 21.8 Å². The molecule has 0 radical (unpaired) electrons. The monoisotopic (exact) mass is 493 g/mol. The van der Waals surface area contributed by atoms with Gasteiger partial charge in [0.25, 0.3) is 0 Å². The summed E-state index contributed by atoms with van der Waals surface area (Å²) in [7, 11) is -3.40. The second kappa shape index (κ2) is 11.1. The van der Waals surface area contributed by atoms with Crippen molar-refractivity contribution < 1.29 is 22.4 Å². The Morgan fingerprint density at radius 1 is 1.09 bits per heavy atom. The highest BCUT2D eigenvalue weighted by Crippen LogP contribution is 2.22. The van der Waals surface area contributed by atoms with Gasteiger partial charge < -0.3 is 10.6 Å². The summed E-state index contributed by atoms with van der Waals surface area (Å²) in [6.45, 7) is 3.80. The van der Waals surface area contributed by atoms with Gasteiger partial charge in [-0.25, -0.2) is 17.5 Å². The summed E-state index contributed by atoms with van der Waals surface area (Å²) in [6.07, 6.45) is 0.472. The number of carbonyl (C=O) groups excluding carboxylic acids is 2. The van der Waals surface area contributed by atoms with Crippen molar-refractivity contribution in [3.63, 3.8) is 0 Å². The third-order valence-corrected chi connectivity index (χ3v) is 7.84. The average Bonchev–Trinajstić information content (AvgIpc) is 2.74. The standard InChI is InChI=1S/C23H28FN3O4S2/c1-15(2)27-33(30,31)14-18-5-3-17(4-6-18)12-25-22(28)20-13-32-21(23(29)26-20)11-16-7-9-19(24)10-8-16/h3-10,15,20-21,27H,11-14H2,1-2H3,(H,25,28)(H,26,29)/t20-,21+/m0/s1. The molecule has 2 aromatic rings. The van der Waals surface area contributed by atoms with Crippen molar-refractivity contribution >= 4 is 33.6 Å². The molecule has 1 aliphatic heterocycles. The van der Waals surface area contributed by atoms with Crippen LogP contribution in [0.25, 0.3) is 0 Å². The summed E-state index contributed by atoms with van der Waals surface area (Å²) >= 11 is 1.41. The van der Waals surface area contributed by atoms with Gasteiger partial charge in [0.05, 0.1) is 11.0 Å². The van der Waals surface area contributed by atoms with Crippen LogP contribution in [0.5, 0.6) is 0 Å². The van der Waals surface area contributed by atoms with Crippen molar-refractivity contribution in [2.24, 2.45) is 0 Å². The van der Waals surface area contributed by atoms with Crippen LogP contribution in [0.3, 0.4) is 0 Å². The number of amides is 2. The summed E-state index contributed by atoms with van der Waals surface area (Å²) in [5.74, 6) is -0.468. The number of carbonyl (C=O) groups is 2.